The number of aromatic nitrogens is 2. The van der Waals surface area contributed by atoms with Crippen molar-refractivity contribution in [1.82, 2.24) is 15.3 Å². The number of benzene rings is 3. The number of rotatable bonds is 13. The molecule has 4 N–H and O–H groups in total. The number of aryl methyl sites for hydroxylation is 1. The van der Waals surface area contributed by atoms with Crippen molar-refractivity contribution < 1.29 is 0 Å². The summed E-state index contributed by atoms with van der Waals surface area (Å²) >= 11 is 0. The lowest BCUT2D eigenvalue weighted by Crippen LogP contribution is -2.15. The van der Waals surface area contributed by atoms with E-state index < -0.39 is 0 Å². The summed E-state index contributed by atoms with van der Waals surface area (Å²) in [5, 5.41) is 11.9. The molecule has 0 unspecified atom stereocenters. The molecule has 0 bridgehead atoms. The first-order valence-electron chi connectivity index (χ1n) is 13.2. The summed E-state index contributed by atoms with van der Waals surface area (Å²) in [7, 11) is 0. The molecule has 0 aliphatic rings. The molecule has 0 fully saturated rings. The number of pyridine rings is 1. The Bertz CT molecular complexity index is 1380. The SMILES string of the molecule is c1ccc(CCCCNCc2cc(Nc3ccc(NCCc4c[nH]c5ccccc45)cc3)ccn2)cc1. The van der Waals surface area contributed by atoms with Crippen LogP contribution < -0.4 is 16.0 Å². The molecule has 5 rings (SSSR count). The van der Waals surface area contributed by atoms with Crippen LogP contribution >= 0.6 is 0 Å². The number of H-pyrrole nitrogens is 1. The largest absolute Gasteiger partial charge is 0.385 e. The van der Waals surface area contributed by atoms with Gasteiger partial charge in [0.1, 0.15) is 0 Å². The Hall–Kier alpha value is -4.09. The number of para-hydroxylation sites is 1. The molecule has 3 aromatic carbocycles. The van der Waals surface area contributed by atoms with E-state index >= 15 is 0 Å². The fraction of sp³-hybridized carbons (Fsp3) is 0.219. The van der Waals surface area contributed by atoms with E-state index in [1.807, 2.05) is 12.3 Å². The van der Waals surface area contributed by atoms with Crippen molar-refractivity contribution in [3.8, 4) is 0 Å². The summed E-state index contributed by atoms with van der Waals surface area (Å²) < 4.78 is 0. The average molecular weight is 490 g/mol. The van der Waals surface area contributed by atoms with Crippen LogP contribution in [0.15, 0.2) is 103 Å². The Labute approximate surface area is 219 Å². The van der Waals surface area contributed by atoms with Gasteiger partial charge in [-0.05, 0) is 85.8 Å². The summed E-state index contributed by atoms with van der Waals surface area (Å²) in [6, 6.07) is 31.7. The highest BCUT2D eigenvalue weighted by Gasteiger charge is 2.03. The lowest BCUT2D eigenvalue weighted by atomic mass is 10.1. The van der Waals surface area contributed by atoms with Crippen LogP contribution in [0.2, 0.25) is 0 Å². The van der Waals surface area contributed by atoms with Crippen molar-refractivity contribution in [2.24, 2.45) is 0 Å². The zero-order valence-corrected chi connectivity index (χ0v) is 21.2. The van der Waals surface area contributed by atoms with E-state index in [4.69, 9.17) is 0 Å². The van der Waals surface area contributed by atoms with Crippen molar-refractivity contribution in [2.45, 2.75) is 32.2 Å². The van der Waals surface area contributed by atoms with Gasteiger partial charge in [-0.2, -0.15) is 0 Å². The molecule has 5 heteroatoms. The van der Waals surface area contributed by atoms with Gasteiger partial charge in [-0.25, -0.2) is 0 Å². The maximum absolute atomic E-state index is 4.52. The molecule has 0 amide bonds. The Morgan fingerprint density at radius 3 is 2.41 bits per heavy atom. The molecule has 0 saturated carbocycles. The van der Waals surface area contributed by atoms with Gasteiger partial charge in [0, 0.05) is 53.4 Å². The fourth-order valence-corrected chi connectivity index (χ4v) is 4.61. The number of anilines is 3. The Morgan fingerprint density at radius 1 is 0.703 bits per heavy atom. The molecule has 5 nitrogen and oxygen atoms in total. The summed E-state index contributed by atoms with van der Waals surface area (Å²) in [5.41, 5.74) is 8.24. The molecule has 5 aromatic rings. The van der Waals surface area contributed by atoms with Crippen LogP contribution in [-0.2, 0) is 19.4 Å². The summed E-state index contributed by atoms with van der Waals surface area (Å²) in [6.45, 7) is 2.67. The Balaban J connectivity index is 1.03. The third-order valence-electron chi connectivity index (χ3n) is 6.61. The monoisotopic (exact) mass is 489 g/mol. The smallest absolute Gasteiger partial charge is 0.0562 e. The maximum Gasteiger partial charge on any atom is 0.0562 e. The lowest BCUT2D eigenvalue weighted by Gasteiger charge is -2.11. The second kappa shape index (κ2) is 12.7. The number of hydrogen-bond acceptors (Lipinski definition) is 4. The van der Waals surface area contributed by atoms with Crippen LogP contribution in [0.3, 0.4) is 0 Å². The second-order valence-electron chi connectivity index (χ2n) is 9.39. The summed E-state index contributed by atoms with van der Waals surface area (Å²) in [6.07, 6.45) is 8.46. The highest BCUT2D eigenvalue weighted by Crippen LogP contribution is 2.21. The molecule has 0 radical (unpaired) electrons. The Kier molecular flexibility index (Phi) is 8.47. The van der Waals surface area contributed by atoms with Gasteiger partial charge in [-0.1, -0.05) is 48.5 Å². The van der Waals surface area contributed by atoms with Crippen molar-refractivity contribution in [1.29, 1.82) is 0 Å². The topological polar surface area (TPSA) is 64.8 Å². The van der Waals surface area contributed by atoms with E-state index in [-0.39, 0.29) is 0 Å². The molecule has 0 aliphatic carbocycles. The minimum Gasteiger partial charge on any atom is -0.385 e. The third kappa shape index (κ3) is 7.21. The van der Waals surface area contributed by atoms with E-state index in [1.54, 1.807) is 0 Å². The van der Waals surface area contributed by atoms with E-state index in [1.165, 1.54) is 28.5 Å². The third-order valence-corrected chi connectivity index (χ3v) is 6.61. The van der Waals surface area contributed by atoms with E-state index in [0.717, 1.165) is 61.7 Å². The second-order valence-corrected chi connectivity index (χ2v) is 9.39. The first-order chi connectivity index (χ1) is 18.3. The van der Waals surface area contributed by atoms with Gasteiger partial charge in [0.25, 0.3) is 0 Å². The highest BCUT2D eigenvalue weighted by atomic mass is 14.9. The van der Waals surface area contributed by atoms with Crippen LogP contribution in [0.25, 0.3) is 10.9 Å². The van der Waals surface area contributed by atoms with Gasteiger partial charge in [-0.15, -0.1) is 0 Å². The Morgan fingerprint density at radius 2 is 1.51 bits per heavy atom. The number of nitrogens with one attached hydrogen (secondary N) is 4. The predicted octanol–water partition coefficient (Wildman–Crippen LogP) is 7.07. The maximum atomic E-state index is 4.52. The van der Waals surface area contributed by atoms with Gasteiger partial charge < -0.3 is 20.9 Å². The zero-order chi connectivity index (χ0) is 25.1. The van der Waals surface area contributed by atoms with E-state index in [2.05, 4.69) is 117 Å². The van der Waals surface area contributed by atoms with Crippen LogP contribution in [0.5, 0.6) is 0 Å². The number of unbranched alkanes of at least 4 members (excludes halogenated alkanes) is 1. The number of aromatic amines is 1. The van der Waals surface area contributed by atoms with Crippen LogP contribution in [0.4, 0.5) is 17.1 Å². The zero-order valence-electron chi connectivity index (χ0n) is 21.2. The summed E-state index contributed by atoms with van der Waals surface area (Å²) in [5.74, 6) is 0. The molecular formula is C32H35N5. The molecule has 37 heavy (non-hydrogen) atoms. The van der Waals surface area contributed by atoms with Gasteiger partial charge in [0.05, 0.1) is 5.69 Å². The van der Waals surface area contributed by atoms with Gasteiger partial charge >= 0.3 is 0 Å². The van der Waals surface area contributed by atoms with Gasteiger partial charge in [0.2, 0.25) is 0 Å². The van der Waals surface area contributed by atoms with E-state index in [0.29, 0.717) is 0 Å². The standard InChI is InChI=1S/C32H35N5/c1-2-8-25(9-3-1)10-6-7-19-33-24-30-22-29(18-21-35-30)37-28-15-13-27(14-16-28)34-20-17-26-23-36-32-12-5-4-11-31(26)32/h1-5,8-9,11-16,18,21-23,33-34,36H,6-7,10,17,19-20,24H2,(H,35,37). The minimum atomic E-state index is 0.778. The van der Waals surface area contributed by atoms with Crippen molar-refractivity contribution in [2.75, 3.05) is 23.7 Å². The number of fused-ring (bicyclic) bond motifs is 1. The molecule has 0 spiro atoms. The molecule has 0 atom stereocenters. The first kappa shape index (κ1) is 24.6. The van der Waals surface area contributed by atoms with Crippen LogP contribution in [0, 0.1) is 0 Å². The number of nitrogens with zero attached hydrogens (tertiary/aromatic N) is 1. The molecule has 2 heterocycles. The molecular weight excluding hydrogens is 454 g/mol. The van der Waals surface area contributed by atoms with Crippen LogP contribution in [-0.4, -0.2) is 23.1 Å². The van der Waals surface area contributed by atoms with Crippen LogP contribution in [0.1, 0.15) is 29.7 Å². The molecule has 188 valence electrons. The van der Waals surface area contributed by atoms with Crippen molar-refractivity contribution in [3.05, 3.63) is 120 Å². The first-order valence-corrected chi connectivity index (χ1v) is 13.2. The summed E-state index contributed by atoms with van der Waals surface area (Å²) in [4.78, 5) is 7.87. The van der Waals surface area contributed by atoms with Gasteiger partial charge in [0.15, 0.2) is 0 Å². The predicted molar refractivity (Wildman–Crippen MR) is 156 cm³/mol. The highest BCUT2D eigenvalue weighted by molar-refractivity contribution is 5.83. The average Bonchev–Trinajstić information content (AvgIpc) is 3.35. The van der Waals surface area contributed by atoms with Crippen molar-refractivity contribution >= 4 is 28.0 Å². The fourth-order valence-electron chi connectivity index (χ4n) is 4.61. The normalized spacial score (nSPS) is 11.0. The lowest BCUT2D eigenvalue weighted by molar-refractivity contribution is 0.616. The quantitative estimate of drug-likeness (QED) is 0.134. The number of hydrogen-bond donors (Lipinski definition) is 4. The van der Waals surface area contributed by atoms with Gasteiger partial charge in [-0.3, -0.25) is 4.98 Å². The molecule has 0 saturated heterocycles. The molecule has 0 aliphatic heterocycles. The molecule has 2 aromatic heterocycles. The van der Waals surface area contributed by atoms with Crippen molar-refractivity contribution in [3.63, 3.8) is 0 Å². The minimum absolute atomic E-state index is 0.778. The van der Waals surface area contributed by atoms with E-state index in [9.17, 15) is 0 Å².